The Balaban J connectivity index is 1.59. The maximum atomic E-state index is 11.2. The summed E-state index contributed by atoms with van der Waals surface area (Å²) in [6.07, 6.45) is 4.89. The lowest BCUT2D eigenvalue weighted by molar-refractivity contribution is -0.114. The van der Waals surface area contributed by atoms with Gasteiger partial charge in [0.25, 0.3) is 0 Å². The number of anilines is 4. The Bertz CT molecular complexity index is 966. The fraction of sp³-hybridized carbons (Fsp3) is 0.261. The first-order valence-corrected chi connectivity index (χ1v) is 10.0. The maximum Gasteiger partial charge on any atom is 0.221 e. The van der Waals surface area contributed by atoms with E-state index in [1.165, 1.54) is 32.6 Å². The first kappa shape index (κ1) is 18.9. The Hall–Kier alpha value is -3.41. The van der Waals surface area contributed by atoms with Crippen LogP contribution in [0.3, 0.4) is 0 Å². The summed E-state index contributed by atoms with van der Waals surface area (Å²) in [5.41, 5.74) is 2.63. The van der Waals surface area contributed by atoms with Crippen LogP contribution in [-0.2, 0) is 4.79 Å². The second-order valence-corrected chi connectivity index (χ2v) is 7.34. The molecule has 0 unspecified atom stereocenters. The summed E-state index contributed by atoms with van der Waals surface area (Å²) in [5.74, 6) is 2.16. The molecule has 0 bridgehead atoms. The molecule has 4 rings (SSSR count). The highest BCUT2D eigenvalue weighted by molar-refractivity contribution is 5.88. The van der Waals surface area contributed by atoms with Gasteiger partial charge in [-0.2, -0.15) is 0 Å². The van der Waals surface area contributed by atoms with E-state index in [-0.39, 0.29) is 5.91 Å². The number of carbonyl (C=O) groups excluding carboxylic acids is 1. The van der Waals surface area contributed by atoms with Crippen LogP contribution in [-0.4, -0.2) is 21.9 Å². The van der Waals surface area contributed by atoms with Crippen molar-refractivity contribution in [3.05, 3.63) is 60.7 Å². The highest BCUT2D eigenvalue weighted by Gasteiger charge is 2.16. The first-order valence-electron chi connectivity index (χ1n) is 10.0. The topological polar surface area (TPSA) is 78.9 Å². The predicted molar refractivity (Wildman–Crippen MR) is 117 cm³/mol. The lowest BCUT2D eigenvalue weighted by Crippen LogP contribution is -2.16. The summed E-state index contributed by atoms with van der Waals surface area (Å²) < 4.78 is 0. The third-order valence-corrected chi connectivity index (χ3v) is 4.94. The van der Waals surface area contributed by atoms with Crippen molar-refractivity contribution in [1.29, 1.82) is 0 Å². The molecule has 148 valence electrons. The second kappa shape index (κ2) is 8.73. The third kappa shape index (κ3) is 5.10. The molecule has 1 aromatic heterocycles. The monoisotopic (exact) mass is 387 g/mol. The molecule has 0 aliphatic heterocycles. The summed E-state index contributed by atoms with van der Waals surface area (Å²) in [6, 6.07) is 20.0. The van der Waals surface area contributed by atoms with Gasteiger partial charge in [0.15, 0.2) is 5.82 Å². The third-order valence-electron chi connectivity index (χ3n) is 4.94. The first-order chi connectivity index (χ1) is 14.2. The van der Waals surface area contributed by atoms with E-state index in [4.69, 9.17) is 9.97 Å². The number of nitrogens with zero attached hydrogens (tertiary/aromatic N) is 2. The van der Waals surface area contributed by atoms with Gasteiger partial charge in [0, 0.05) is 36.0 Å². The van der Waals surface area contributed by atoms with E-state index >= 15 is 0 Å². The summed E-state index contributed by atoms with van der Waals surface area (Å²) >= 11 is 0. The van der Waals surface area contributed by atoms with Crippen molar-refractivity contribution < 1.29 is 4.79 Å². The van der Waals surface area contributed by atoms with Crippen LogP contribution >= 0.6 is 0 Å². The molecule has 0 radical (unpaired) electrons. The number of benzene rings is 2. The van der Waals surface area contributed by atoms with Crippen LogP contribution in [0.4, 0.5) is 23.0 Å². The standard InChI is InChI=1S/C23H25N5O/c1-16(29)24-19-11-13-20(14-12-19)26-22-15-21(25-18-9-5-6-10-18)27-23(28-22)17-7-3-2-4-8-17/h2-4,7-8,11-15,18H,5-6,9-10H2,1H3,(H,24,29)(H2,25,26,27,28). The molecule has 2 aromatic carbocycles. The van der Waals surface area contributed by atoms with Gasteiger partial charge in [0.1, 0.15) is 11.6 Å². The average molecular weight is 387 g/mol. The molecular formula is C23H25N5O. The molecule has 1 aliphatic rings. The zero-order valence-corrected chi connectivity index (χ0v) is 16.5. The van der Waals surface area contributed by atoms with Crippen LogP contribution in [0.2, 0.25) is 0 Å². The van der Waals surface area contributed by atoms with E-state index in [2.05, 4.69) is 16.0 Å². The van der Waals surface area contributed by atoms with Crippen molar-refractivity contribution in [2.24, 2.45) is 0 Å². The Labute approximate surface area is 170 Å². The van der Waals surface area contributed by atoms with Gasteiger partial charge in [-0.15, -0.1) is 0 Å². The van der Waals surface area contributed by atoms with Crippen molar-refractivity contribution in [2.45, 2.75) is 38.6 Å². The van der Waals surface area contributed by atoms with E-state index in [1.54, 1.807) is 0 Å². The molecule has 3 aromatic rings. The predicted octanol–water partition coefficient (Wildman–Crippen LogP) is 5.20. The number of carbonyl (C=O) groups is 1. The average Bonchev–Trinajstić information content (AvgIpc) is 3.23. The summed E-state index contributed by atoms with van der Waals surface area (Å²) in [4.78, 5) is 20.6. The summed E-state index contributed by atoms with van der Waals surface area (Å²) in [7, 11) is 0. The molecule has 0 spiro atoms. The van der Waals surface area contributed by atoms with E-state index in [9.17, 15) is 4.79 Å². The van der Waals surface area contributed by atoms with Gasteiger partial charge in [-0.1, -0.05) is 43.2 Å². The lowest BCUT2D eigenvalue weighted by atomic mass is 10.2. The van der Waals surface area contributed by atoms with Crippen molar-refractivity contribution >= 4 is 28.9 Å². The number of hydrogen-bond acceptors (Lipinski definition) is 5. The highest BCUT2D eigenvalue weighted by Crippen LogP contribution is 2.26. The molecule has 1 fully saturated rings. The van der Waals surface area contributed by atoms with Gasteiger partial charge in [-0.05, 0) is 37.1 Å². The summed E-state index contributed by atoms with van der Waals surface area (Å²) in [5, 5.41) is 9.70. The normalized spacial score (nSPS) is 13.8. The van der Waals surface area contributed by atoms with Gasteiger partial charge in [0.2, 0.25) is 5.91 Å². The number of nitrogens with one attached hydrogen (secondary N) is 3. The van der Waals surface area contributed by atoms with Crippen LogP contribution in [0.15, 0.2) is 60.7 Å². The van der Waals surface area contributed by atoms with Gasteiger partial charge in [0.05, 0.1) is 0 Å². The highest BCUT2D eigenvalue weighted by atomic mass is 16.1. The van der Waals surface area contributed by atoms with Crippen molar-refractivity contribution in [3.8, 4) is 11.4 Å². The Morgan fingerprint density at radius 3 is 2.24 bits per heavy atom. The maximum absolute atomic E-state index is 11.2. The summed E-state index contributed by atoms with van der Waals surface area (Å²) in [6.45, 7) is 1.50. The van der Waals surface area contributed by atoms with Crippen LogP contribution in [0, 0.1) is 0 Å². The minimum atomic E-state index is -0.0864. The molecule has 6 heteroatoms. The molecule has 1 aliphatic carbocycles. The van der Waals surface area contributed by atoms with Crippen molar-refractivity contribution in [1.82, 2.24) is 9.97 Å². The Kier molecular flexibility index (Phi) is 5.70. The molecule has 0 saturated heterocycles. The van der Waals surface area contributed by atoms with Gasteiger partial charge >= 0.3 is 0 Å². The van der Waals surface area contributed by atoms with Crippen molar-refractivity contribution in [2.75, 3.05) is 16.0 Å². The molecule has 29 heavy (non-hydrogen) atoms. The molecule has 1 saturated carbocycles. The van der Waals surface area contributed by atoms with Crippen LogP contribution in [0.5, 0.6) is 0 Å². The molecule has 3 N–H and O–H groups in total. The van der Waals surface area contributed by atoms with E-state index in [0.29, 0.717) is 11.9 Å². The molecule has 1 amide bonds. The van der Waals surface area contributed by atoms with E-state index in [1.807, 2.05) is 60.7 Å². The minimum absolute atomic E-state index is 0.0864. The smallest absolute Gasteiger partial charge is 0.221 e. The second-order valence-electron chi connectivity index (χ2n) is 7.34. The van der Waals surface area contributed by atoms with Crippen LogP contribution in [0.25, 0.3) is 11.4 Å². The lowest BCUT2D eigenvalue weighted by Gasteiger charge is -2.15. The SMILES string of the molecule is CC(=O)Nc1ccc(Nc2cc(NC3CCCC3)nc(-c3ccccc3)n2)cc1. The zero-order valence-electron chi connectivity index (χ0n) is 16.5. The number of rotatable bonds is 6. The fourth-order valence-electron chi connectivity index (χ4n) is 3.57. The minimum Gasteiger partial charge on any atom is -0.367 e. The zero-order chi connectivity index (χ0) is 20.1. The molecule has 0 atom stereocenters. The molecule has 1 heterocycles. The van der Waals surface area contributed by atoms with Gasteiger partial charge in [-0.25, -0.2) is 9.97 Å². The Morgan fingerprint density at radius 2 is 1.55 bits per heavy atom. The van der Waals surface area contributed by atoms with E-state index in [0.717, 1.165) is 28.6 Å². The fourth-order valence-corrected chi connectivity index (χ4v) is 3.57. The van der Waals surface area contributed by atoms with Gasteiger partial charge < -0.3 is 16.0 Å². The van der Waals surface area contributed by atoms with Crippen molar-refractivity contribution in [3.63, 3.8) is 0 Å². The molecular weight excluding hydrogens is 362 g/mol. The van der Waals surface area contributed by atoms with Gasteiger partial charge in [-0.3, -0.25) is 4.79 Å². The molecule has 6 nitrogen and oxygen atoms in total. The van der Waals surface area contributed by atoms with E-state index < -0.39 is 0 Å². The largest absolute Gasteiger partial charge is 0.367 e. The quantitative estimate of drug-likeness (QED) is 0.542. The number of amides is 1. The number of aromatic nitrogens is 2. The van der Waals surface area contributed by atoms with Crippen LogP contribution < -0.4 is 16.0 Å². The Morgan fingerprint density at radius 1 is 0.897 bits per heavy atom. The number of hydrogen-bond donors (Lipinski definition) is 3. The van der Waals surface area contributed by atoms with Crippen LogP contribution in [0.1, 0.15) is 32.6 Å².